The molecule has 18 heavy (non-hydrogen) atoms. The van der Waals surface area contributed by atoms with Gasteiger partial charge in [-0.15, -0.1) is 0 Å². The van der Waals surface area contributed by atoms with E-state index in [2.05, 4.69) is 36.4 Å². The Balaban J connectivity index is 2.54. The zero-order chi connectivity index (χ0) is 13.5. The number of carbonyl (C=O) groups is 1. The van der Waals surface area contributed by atoms with E-state index in [1.807, 2.05) is 0 Å². The van der Waals surface area contributed by atoms with Gasteiger partial charge in [0, 0.05) is 13.1 Å². The van der Waals surface area contributed by atoms with Crippen LogP contribution in [0.2, 0.25) is 0 Å². The van der Waals surface area contributed by atoms with Crippen LogP contribution in [0, 0.1) is 5.92 Å². The molecule has 6 heteroatoms. The number of hydrogen-bond acceptors (Lipinski definition) is 5. The van der Waals surface area contributed by atoms with Gasteiger partial charge in [-0.1, -0.05) is 32.1 Å². The van der Waals surface area contributed by atoms with Gasteiger partial charge in [-0.2, -0.15) is 0 Å². The quantitative estimate of drug-likeness (QED) is 0.710. The second-order valence-electron chi connectivity index (χ2n) is 4.60. The third kappa shape index (κ3) is 4.52. The maximum Gasteiger partial charge on any atom is 0.265 e. The predicted molar refractivity (Wildman–Crippen MR) is 77.1 cm³/mol. The van der Waals surface area contributed by atoms with Crippen LogP contribution >= 0.6 is 11.3 Å². The molecule has 0 aliphatic carbocycles. The third-order valence-electron chi connectivity index (χ3n) is 2.39. The average Bonchev–Trinajstić information content (AvgIpc) is 2.67. The van der Waals surface area contributed by atoms with Crippen molar-refractivity contribution in [2.45, 2.75) is 33.6 Å². The molecule has 0 aliphatic heterocycles. The molecule has 0 radical (unpaired) electrons. The molecular formula is C12H22N4OS. The van der Waals surface area contributed by atoms with Crippen LogP contribution < -0.4 is 16.4 Å². The Labute approximate surface area is 112 Å². The van der Waals surface area contributed by atoms with Gasteiger partial charge in [0.15, 0.2) is 5.13 Å². The lowest BCUT2D eigenvalue weighted by Gasteiger charge is -2.05. The number of nitrogens with two attached hydrogens (primary N) is 1. The summed E-state index contributed by atoms with van der Waals surface area (Å²) < 4.78 is 0. The van der Waals surface area contributed by atoms with Crippen molar-refractivity contribution >= 4 is 28.2 Å². The summed E-state index contributed by atoms with van der Waals surface area (Å²) >= 11 is 1.31. The Morgan fingerprint density at radius 2 is 2.17 bits per heavy atom. The van der Waals surface area contributed by atoms with Crippen molar-refractivity contribution in [3.8, 4) is 0 Å². The van der Waals surface area contributed by atoms with Crippen LogP contribution in [0.1, 0.15) is 43.3 Å². The van der Waals surface area contributed by atoms with Gasteiger partial charge in [-0.25, -0.2) is 4.98 Å². The minimum atomic E-state index is -0.129. The number of nitrogen functional groups attached to an aromatic ring is 1. The van der Waals surface area contributed by atoms with Crippen LogP contribution in [-0.4, -0.2) is 24.0 Å². The first kappa shape index (κ1) is 14.8. The van der Waals surface area contributed by atoms with Crippen LogP contribution in [-0.2, 0) is 0 Å². The molecule has 1 rings (SSSR count). The highest BCUT2D eigenvalue weighted by molar-refractivity contribution is 7.18. The van der Waals surface area contributed by atoms with Gasteiger partial charge in [-0.3, -0.25) is 4.79 Å². The fourth-order valence-electron chi connectivity index (χ4n) is 1.36. The minimum Gasteiger partial charge on any atom is -0.382 e. The molecule has 4 N–H and O–H groups in total. The summed E-state index contributed by atoms with van der Waals surface area (Å²) in [5, 5.41) is 6.71. The number of anilines is 2. The summed E-state index contributed by atoms with van der Waals surface area (Å²) in [7, 11) is 0. The molecule has 0 saturated carbocycles. The van der Waals surface area contributed by atoms with Crippen molar-refractivity contribution in [1.82, 2.24) is 10.3 Å². The molecule has 0 fully saturated rings. The van der Waals surface area contributed by atoms with Crippen LogP contribution in [0.5, 0.6) is 0 Å². The summed E-state index contributed by atoms with van der Waals surface area (Å²) in [6.45, 7) is 7.83. The van der Waals surface area contributed by atoms with Gasteiger partial charge < -0.3 is 16.4 Å². The first-order valence-corrected chi connectivity index (χ1v) is 7.14. The molecule has 0 atom stereocenters. The van der Waals surface area contributed by atoms with E-state index in [0.717, 1.165) is 19.4 Å². The van der Waals surface area contributed by atoms with Crippen molar-refractivity contribution < 1.29 is 4.79 Å². The number of rotatable bonds is 7. The summed E-state index contributed by atoms with van der Waals surface area (Å²) in [4.78, 5) is 16.5. The normalized spacial score (nSPS) is 10.7. The number of aromatic nitrogens is 1. The zero-order valence-electron chi connectivity index (χ0n) is 11.2. The first-order chi connectivity index (χ1) is 8.54. The Morgan fingerprint density at radius 1 is 1.44 bits per heavy atom. The van der Waals surface area contributed by atoms with Crippen LogP contribution in [0.4, 0.5) is 10.9 Å². The maximum absolute atomic E-state index is 11.9. The Hall–Kier alpha value is -1.30. The molecule has 1 amide bonds. The fourth-order valence-corrected chi connectivity index (χ4v) is 2.18. The molecule has 0 saturated heterocycles. The van der Waals surface area contributed by atoms with E-state index in [1.165, 1.54) is 11.3 Å². The largest absolute Gasteiger partial charge is 0.382 e. The smallest absolute Gasteiger partial charge is 0.265 e. The van der Waals surface area contributed by atoms with E-state index in [-0.39, 0.29) is 5.91 Å². The Morgan fingerprint density at radius 3 is 2.78 bits per heavy atom. The topological polar surface area (TPSA) is 80.0 Å². The van der Waals surface area contributed by atoms with E-state index in [9.17, 15) is 4.79 Å². The van der Waals surface area contributed by atoms with Gasteiger partial charge in [0.25, 0.3) is 5.91 Å². The highest BCUT2D eigenvalue weighted by atomic mass is 32.1. The van der Waals surface area contributed by atoms with E-state index in [0.29, 0.717) is 28.3 Å². The molecule has 1 aromatic heterocycles. The van der Waals surface area contributed by atoms with Crippen molar-refractivity contribution in [2.75, 3.05) is 24.1 Å². The highest BCUT2D eigenvalue weighted by Crippen LogP contribution is 2.24. The number of hydrogen-bond donors (Lipinski definition) is 3. The zero-order valence-corrected chi connectivity index (χ0v) is 12.1. The summed E-state index contributed by atoms with van der Waals surface area (Å²) in [6.07, 6.45) is 1.97. The highest BCUT2D eigenvalue weighted by Gasteiger charge is 2.15. The molecule has 0 bridgehead atoms. The number of nitrogens with zero attached hydrogens (tertiary/aromatic N) is 1. The standard InChI is InChI=1S/C12H22N4OS/c1-4-6-15-12-16-10(13)9(18-12)11(17)14-7-5-8(2)3/h8H,4-7,13H2,1-3H3,(H,14,17)(H,15,16). The number of amides is 1. The van der Waals surface area contributed by atoms with Gasteiger partial charge >= 0.3 is 0 Å². The summed E-state index contributed by atoms with van der Waals surface area (Å²) in [5.41, 5.74) is 5.74. The minimum absolute atomic E-state index is 0.129. The number of carbonyl (C=O) groups excluding carboxylic acids is 1. The van der Waals surface area contributed by atoms with E-state index in [1.54, 1.807) is 0 Å². The molecule has 0 aromatic carbocycles. The second kappa shape index (κ2) is 7.20. The number of nitrogens with one attached hydrogen (secondary N) is 2. The van der Waals surface area contributed by atoms with E-state index in [4.69, 9.17) is 5.73 Å². The van der Waals surface area contributed by atoms with Gasteiger partial charge in [0.2, 0.25) is 0 Å². The lowest BCUT2D eigenvalue weighted by molar-refractivity contribution is 0.0956. The van der Waals surface area contributed by atoms with Crippen molar-refractivity contribution in [3.63, 3.8) is 0 Å². The third-order valence-corrected chi connectivity index (χ3v) is 3.42. The van der Waals surface area contributed by atoms with Gasteiger partial charge in [0.05, 0.1) is 0 Å². The van der Waals surface area contributed by atoms with Crippen molar-refractivity contribution in [2.24, 2.45) is 5.92 Å². The fraction of sp³-hybridized carbons (Fsp3) is 0.667. The molecule has 1 heterocycles. The van der Waals surface area contributed by atoms with Crippen molar-refractivity contribution in [1.29, 1.82) is 0 Å². The molecule has 1 aromatic rings. The van der Waals surface area contributed by atoms with Crippen molar-refractivity contribution in [3.05, 3.63) is 4.88 Å². The van der Waals surface area contributed by atoms with E-state index >= 15 is 0 Å². The first-order valence-electron chi connectivity index (χ1n) is 6.33. The monoisotopic (exact) mass is 270 g/mol. The Kier molecular flexibility index (Phi) is 5.91. The second-order valence-corrected chi connectivity index (χ2v) is 5.60. The lowest BCUT2D eigenvalue weighted by Crippen LogP contribution is -2.25. The maximum atomic E-state index is 11.9. The number of thiazole rings is 1. The van der Waals surface area contributed by atoms with Crippen LogP contribution in [0.15, 0.2) is 0 Å². The average molecular weight is 270 g/mol. The van der Waals surface area contributed by atoms with Crippen LogP contribution in [0.3, 0.4) is 0 Å². The van der Waals surface area contributed by atoms with Gasteiger partial charge in [-0.05, 0) is 18.8 Å². The molecule has 5 nitrogen and oxygen atoms in total. The van der Waals surface area contributed by atoms with Gasteiger partial charge in [0.1, 0.15) is 10.7 Å². The predicted octanol–water partition coefficient (Wildman–Crippen LogP) is 2.32. The van der Waals surface area contributed by atoms with E-state index < -0.39 is 0 Å². The summed E-state index contributed by atoms with van der Waals surface area (Å²) in [6, 6.07) is 0. The lowest BCUT2D eigenvalue weighted by atomic mass is 10.1. The molecule has 0 unspecified atom stereocenters. The SMILES string of the molecule is CCCNc1nc(N)c(C(=O)NCCC(C)C)s1. The Bertz CT molecular complexity index is 389. The molecule has 0 aliphatic rings. The molecule has 102 valence electrons. The molecule has 0 spiro atoms. The molecular weight excluding hydrogens is 248 g/mol. The summed E-state index contributed by atoms with van der Waals surface area (Å²) in [5.74, 6) is 0.752. The van der Waals surface area contributed by atoms with Crippen LogP contribution in [0.25, 0.3) is 0 Å².